The third kappa shape index (κ3) is 2.76. The highest BCUT2D eigenvalue weighted by molar-refractivity contribution is 7.73. The molecule has 1 aromatic carbocycles. The van der Waals surface area contributed by atoms with Crippen LogP contribution in [0, 0.1) is 0 Å². The first kappa shape index (κ1) is 9.54. The van der Waals surface area contributed by atoms with Gasteiger partial charge in [0.25, 0.3) is 0 Å². The molecule has 0 atom stereocenters. The van der Waals surface area contributed by atoms with E-state index in [0.29, 0.717) is 0 Å². The Bertz CT molecular complexity index is 412. The summed E-state index contributed by atoms with van der Waals surface area (Å²) in [5.74, 6) is 0. The van der Waals surface area contributed by atoms with Crippen molar-refractivity contribution in [2.45, 2.75) is 0 Å². The van der Waals surface area contributed by atoms with Crippen molar-refractivity contribution in [3.8, 4) is 0 Å². The van der Waals surface area contributed by atoms with E-state index in [1.54, 1.807) is 12.1 Å². The van der Waals surface area contributed by atoms with E-state index in [1.165, 1.54) is 6.08 Å². The summed E-state index contributed by atoms with van der Waals surface area (Å²) in [4.78, 5) is 0.0752. The molecule has 0 aliphatic carbocycles. The molecule has 1 N–H and O–H groups in total. The predicted molar refractivity (Wildman–Crippen MR) is 54.2 cm³/mol. The molecule has 13 heavy (non-hydrogen) atoms. The second-order valence-electron chi connectivity index (χ2n) is 2.29. The Morgan fingerprint density at radius 3 is 2.38 bits per heavy atom. The normalized spacial score (nSPS) is 8.92. The fraction of sp³-hybridized carbons (Fsp3) is 0. The van der Waals surface area contributed by atoms with Crippen LogP contribution in [0.25, 0.3) is 0 Å². The Labute approximate surface area is 78.2 Å². The molecular formula is C9H9NO2S. The third-order valence-corrected chi connectivity index (χ3v) is 2.03. The summed E-state index contributed by atoms with van der Waals surface area (Å²) in [6.07, 6.45) is 1.26. The van der Waals surface area contributed by atoms with Crippen molar-refractivity contribution in [3.63, 3.8) is 0 Å². The topological polar surface area (TPSA) is 46.2 Å². The van der Waals surface area contributed by atoms with Crippen LogP contribution in [0.5, 0.6) is 0 Å². The van der Waals surface area contributed by atoms with Crippen molar-refractivity contribution in [2.24, 2.45) is 0 Å². The van der Waals surface area contributed by atoms with Crippen LogP contribution in [0.1, 0.15) is 0 Å². The van der Waals surface area contributed by atoms with Gasteiger partial charge in [0, 0.05) is 5.69 Å². The van der Waals surface area contributed by atoms with E-state index in [4.69, 9.17) is 0 Å². The van der Waals surface area contributed by atoms with Crippen molar-refractivity contribution in [1.82, 2.24) is 0 Å². The lowest BCUT2D eigenvalue weighted by atomic mass is 10.3. The minimum atomic E-state index is -2.27. The minimum Gasteiger partial charge on any atom is -0.343 e. The molecule has 0 saturated heterocycles. The smallest absolute Gasteiger partial charge is 0.238 e. The van der Waals surface area contributed by atoms with E-state index in [9.17, 15) is 8.42 Å². The molecule has 0 aliphatic rings. The number of anilines is 1. The van der Waals surface area contributed by atoms with Gasteiger partial charge >= 0.3 is 0 Å². The Kier molecular flexibility index (Phi) is 3.28. The van der Waals surface area contributed by atoms with Crippen LogP contribution < -0.4 is 5.32 Å². The summed E-state index contributed by atoms with van der Waals surface area (Å²) >= 11 is 0. The Balaban J connectivity index is 2.93. The van der Waals surface area contributed by atoms with Gasteiger partial charge in [0.2, 0.25) is 10.3 Å². The van der Waals surface area contributed by atoms with Crippen LogP contribution in [0.4, 0.5) is 5.69 Å². The highest BCUT2D eigenvalue weighted by Gasteiger charge is 1.94. The van der Waals surface area contributed by atoms with Crippen molar-refractivity contribution in [3.05, 3.63) is 43.0 Å². The molecule has 0 radical (unpaired) electrons. The molecule has 4 heteroatoms. The van der Waals surface area contributed by atoms with Crippen LogP contribution in [-0.2, 0) is 10.3 Å². The van der Waals surface area contributed by atoms with Gasteiger partial charge in [-0.2, -0.15) is 8.42 Å². The zero-order chi connectivity index (χ0) is 9.68. The fourth-order valence-corrected chi connectivity index (χ4v) is 1.16. The van der Waals surface area contributed by atoms with E-state index in [-0.39, 0.29) is 4.99 Å². The number of rotatable bonds is 2. The van der Waals surface area contributed by atoms with E-state index in [1.807, 2.05) is 18.2 Å². The molecule has 0 amide bonds. The second kappa shape index (κ2) is 4.47. The molecule has 0 aromatic heterocycles. The minimum absolute atomic E-state index is 0.0752. The number of hydrogen-bond acceptors (Lipinski definition) is 2. The Morgan fingerprint density at radius 2 is 1.92 bits per heavy atom. The van der Waals surface area contributed by atoms with Crippen molar-refractivity contribution in [2.75, 3.05) is 5.32 Å². The van der Waals surface area contributed by atoms with Gasteiger partial charge in [-0.15, -0.1) is 0 Å². The largest absolute Gasteiger partial charge is 0.343 e. The SMILES string of the molecule is C=CC(Nc1ccccc1)=S(=O)=O. The fourth-order valence-electron chi connectivity index (χ4n) is 0.824. The molecule has 0 aliphatic heterocycles. The second-order valence-corrected chi connectivity index (χ2v) is 3.20. The molecular weight excluding hydrogens is 186 g/mol. The highest BCUT2D eigenvalue weighted by atomic mass is 32.2. The standard InChI is InChI=1S/C9H9NO2S/c1-2-9(13(11)12)10-8-6-4-3-5-7-8/h2-7,10H,1H2. The summed E-state index contributed by atoms with van der Waals surface area (Å²) in [6, 6.07) is 9.03. The molecule has 1 rings (SSSR count). The number of nitrogens with one attached hydrogen (secondary N) is 1. The summed E-state index contributed by atoms with van der Waals surface area (Å²) in [6.45, 7) is 3.39. The van der Waals surface area contributed by atoms with Crippen LogP contribution in [0.3, 0.4) is 0 Å². The van der Waals surface area contributed by atoms with Gasteiger partial charge in [-0.3, -0.25) is 0 Å². The molecule has 0 bridgehead atoms. The summed E-state index contributed by atoms with van der Waals surface area (Å²) in [5.41, 5.74) is 0.724. The maximum absolute atomic E-state index is 10.6. The molecule has 68 valence electrons. The van der Waals surface area contributed by atoms with Crippen LogP contribution in [0.2, 0.25) is 0 Å². The summed E-state index contributed by atoms with van der Waals surface area (Å²) in [7, 11) is -2.27. The van der Waals surface area contributed by atoms with Crippen LogP contribution in [-0.4, -0.2) is 13.4 Å². The zero-order valence-corrected chi connectivity index (χ0v) is 7.71. The average molecular weight is 195 g/mol. The maximum atomic E-state index is 10.6. The van der Waals surface area contributed by atoms with Gasteiger partial charge in [-0.25, -0.2) is 0 Å². The molecule has 1 aromatic rings. The van der Waals surface area contributed by atoms with Gasteiger partial charge in [-0.05, 0) is 18.2 Å². The molecule has 0 fully saturated rings. The first-order chi connectivity index (χ1) is 6.24. The number of hydrogen-bond donors (Lipinski definition) is 1. The van der Waals surface area contributed by atoms with E-state index < -0.39 is 10.3 Å². The first-order valence-corrected chi connectivity index (χ1v) is 4.72. The van der Waals surface area contributed by atoms with Gasteiger partial charge in [0.1, 0.15) is 0 Å². The Morgan fingerprint density at radius 1 is 1.31 bits per heavy atom. The van der Waals surface area contributed by atoms with Crippen LogP contribution in [0.15, 0.2) is 43.0 Å². The maximum Gasteiger partial charge on any atom is 0.238 e. The molecule has 0 unspecified atom stereocenters. The van der Waals surface area contributed by atoms with E-state index in [0.717, 1.165) is 5.69 Å². The quantitative estimate of drug-likeness (QED) is 0.571. The summed E-state index contributed by atoms with van der Waals surface area (Å²) in [5, 5.41) is 2.71. The highest BCUT2D eigenvalue weighted by Crippen LogP contribution is 2.04. The van der Waals surface area contributed by atoms with Crippen LogP contribution >= 0.6 is 0 Å². The lowest BCUT2D eigenvalue weighted by molar-refractivity contribution is 0.627. The van der Waals surface area contributed by atoms with Crippen molar-refractivity contribution in [1.29, 1.82) is 0 Å². The predicted octanol–water partition coefficient (Wildman–Crippen LogP) is 1.29. The van der Waals surface area contributed by atoms with Crippen molar-refractivity contribution < 1.29 is 8.42 Å². The van der Waals surface area contributed by atoms with E-state index >= 15 is 0 Å². The molecule has 0 spiro atoms. The van der Waals surface area contributed by atoms with Gasteiger partial charge in [0.05, 0.1) is 0 Å². The lowest BCUT2D eigenvalue weighted by Gasteiger charge is -2.01. The average Bonchev–Trinajstić information content (AvgIpc) is 2.15. The van der Waals surface area contributed by atoms with Crippen molar-refractivity contribution >= 4 is 21.0 Å². The zero-order valence-electron chi connectivity index (χ0n) is 6.90. The molecule has 0 heterocycles. The first-order valence-electron chi connectivity index (χ1n) is 3.65. The number of para-hydroxylation sites is 1. The molecule has 0 saturated carbocycles. The third-order valence-electron chi connectivity index (χ3n) is 1.41. The number of benzene rings is 1. The van der Waals surface area contributed by atoms with E-state index in [2.05, 4.69) is 11.9 Å². The van der Waals surface area contributed by atoms with Gasteiger partial charge in [0.15, 0.2) is 4.99 Å². The van der Waals surface area contributed by atoms with Gasteiger partial charge < -0.3 is 5.32 Å². The molecule has 3 nitrogen and oxygen atoms in total. The lowest BCUT2D eigenvalue weighted by Crippen LogP contribution is -2.08. The summed E-state index contributed by atoms with van der Waals surface area (Å²) < 4.78 is 21.1. The Hall–Kier alpha value is -1.55. The van der Waals surface area contributed by atoms with Gasteiger partial charge in [-0.1, -0.05) is 24.8 Å². The monoisotopic (exact) mass is 195 g/mol.